The Morgan fingerprint density at radius 1 is 1.25 bits per heavy atom. The second-order valence-corrected chi connectivity index (χ2v) is 6.24. The molecule has 0 aliphatic rings. The zero-order chi connectivity index (χ0) is 15.2. The average molecular weight is 278 g/mol. The maximum Gasteiger partial charge on any atom is 0.244 e. The van der Waals surface area contributed by atoms with Crippen molar-refractivity contribution >= 4 is 5.91 Å². The number of nitrogens with one attached hydrogen (secondary N) is 1. The van der Waals surface area contributed by atoms with E-state index in [-0.39, 0.29) is 17.9 Å². The summed E-state index contributed by atoms with van der Waals surface area (Å²) in [5.41, 5.74) is 5.87. The minimum absolute atomic E-state index is 0.0504. The zero-order valence-electron chi connectivity index (χ0n) is 12.6. The molecule has 0 radical (unpaired) electrons. The Bertz CT molecular complexity index is 427. The van der Waals surface area contributed by atoms with E-state index in [1.165, 1.54) is 0 Å². The van der Waals surface area contributed by atoms with Gasteiger partial charge >= 0.3 is 0 Å². The second kappa shape index (κ2) is 6.86. The lowest BCUT2D eigenvalue weighted by Crippen LogP contribution is -2.50. The third kappa shape index (κ3) is 4.62. The van der Waals surface area contributed by atoms with Crippen LogP contribution in [0.2, 0.25) is 0 Å². The van der Waals surface area contributed by atoms with Crippen LogP contribution < -0.4 is 11.1 Å². The summed E-state index contributed by atoms with van der Waals surface area (Å²) in [6, 6.07) is 9.36. The van der Waals surface area contributed by atoms with Crippen LogP contribution >= 0.6 is 0 Å². The SMILES string of the molecule is CC(C)(CCCO)CNC(=O)C(C)(N)c1ccccc1. The van der Waals surface area contributed by atoms with E-state index in [0.29, 0.717) is 6.54 Å². The number of amides is 1. The number of rotatable bonds is 7. The molecule has 0 aliphatic heterocycles. The molecule has 1 atom stereocenters. The summed E-state index contributed by atoms with van der Waals surface area (Å²) in [4.78, 5) is 12.3. The number of carbonyl (C=O) groups excluding carboxylic acids is 1. The van der Waals surface area contributed by atoms with Crippen LogP contribution in [0.3, 0.4) is 0 Å². The molecule has 4 N–H and O–H groups in total. The van der Waals surface area contributed by atoms with Crippen LogP contribution in [-0.2, 0) is 10.3 Å². The molecule has 0 saturated heterocycles. The number of nitrogens with two attached hydrogens (primary N) is 1. The lowest BCUT2D eigenvalue weighted by atomic mass is 9.87. The van der Waals surface area contributed by atoms with Crippen molar-refractivity contribution in [2.24, 2.45) is 11.1 Å². The zero-order valence-corrected chi connectivity index (χ0v) is 12.6. The van der Waals surface area contributed by atoms with Gasteiger partial charge < -0.3 is 16.2 Å². The number of hydrogen-bond donors (Lipinski definition) is 3. The van der Waals surface area contributed by atoms with Gasteiger partial charge in [0.15, 0.2) is 0 Å². The minimum Gasteiger partial charge on any atom is -0.396 e. The first-order valence-corrected chi connectivity index (χ1v) is 7.03. The highest BCUT2D eigenvalue weighted by molar-refractivity contribution is 5.87. The number of hydrogen-bond acceptors (Lipinski definition) is 3. The molecule has 1 unspecified atom stereocenters. The topological polar surface area (TPSA) is 75.3 Å². The monoisotopic (exact) mass is 278 g/mol. The Morgan fingerprint density at radius 3 is 2.40 bits per heavy atom. The van der Waals surface area contributed by atoms with Gasteiger partial charge in [0, 0.05) is 13.2 Å². The van der Waals surface area contributed by atoms with E-state index in [4.69, 9.17) is 10.8 Å². The van der Waals surface area contributed by atoms with E-state index in [0.717, 1.165) is 18.4 Å². The Morgan fingerprint density at radius 2 is 1.85 bits per heavy atom. The minimum atomic E-state index is -1.03. The Hall–Kier alpha value is -1.39. The van der Waals surface area contributed by atoms with Crippen molar-refractivity contribution in [2.75, 3.05) is 13.2 Å². The molecule has 4 heteroatoms. The Labute approximate surface area is 121 Å². The van der Waals surface area contributed by atoms with Gasteiger partial charge in [-0.3, -0.25) is 4.79 Å². The van der Waals surface area contributed by atoms with Crippen molar-refractivity contribution in [3.8, 4) is 0 Å². The lowest BCUT2D eigenvalue weighted by Gasteiger charge is -2.29. The van der Waals surface area contributed by atoms with E-state index < -0.39 is 5.54 Å². The highest BCUT2D eigenvalue weighted by Gasteiger charge is 2.31. The molecule has 1 aromatic carbocycles. The molecule has 0 bridgehead atoms. The standard InChI is InChI=1S/C16H26N2O2/c1-15(2,10-7-11-19)12-18-14(20)16(3,17)13-8-5-4-6-9-13/h4-6,8-9,19H,7,10-12,17H2,1-3H3,(H,18,20). The molecule has 0 spiro atoms. The van der Waals surface area contributed by atoms with Crippen LogP contribution in [0, 0.1) is 5.41 Å². The van der Waals surface area contributed by atoms with Gasteiger partial charge in [0.2, 0.25) is 5.91 Å². The molecule has 1 aromatic rings. The lowest BCUT2D eigenvalue weighted by molar-refractivity contribution is -0.126. The molecule has 0 fully saturated rings. The van der Waals surface area contributed by atoms with Crippen LogP contribution in [0.4, 0.5) is 0 Å². The van der Waals surface area contributed by atoms with Gasteiger partial charge in [-0.15, -0.1) is 0 Å². The third-order valence-electron chi connectivity index (χ3n) is 3.58. The number of aliphatic hydroxyl groups is 1. The largest absolute Gasteiger partial charge is 0.396 e. The summed E-state index contributed by atoms with van der Waals surface area (Å²) >= 11 is 0. The first kappa shape index (κ1) is 16.7. The van der Waals surface area contributed by atoms with Crippen LogP contribution in [0.5, 0.6) is 0 Å². The summed E-state index contributed by atoms with van der Waals surface area (Å²) in [6.07, 6.45) is 1.60. The van der Waals surface area contributed by atoms with E-state index in [1.54, 1.807) is 6.92 Å². The molecule has 1 amide bonds. The van der Waals surface area contributed by atoms with Crippen LogP contribution in [0.25, 0.3) is 0 Å². The Balaban J connectivity index is 2.62. The molecule has 4 nitrogen and oxygen atoms in total. The number of benzene rings is 1. The van der Waals surface area contributed by atoms with Crippen LogP contribution in [-0.4, -0.2) is 24.2 Å². The maximum atomic E-state index is 12.3. The smallest absolute Gasteiger partial charge is 0.244 e. The predicted octanol–water partition coefficient (Wildman–Crippen LogP) is 1.78. The second-order valence-electron chi connectivity index (χ2n) is 6.24. The quantitative estimate of drug-likeness (QED) is 0.711. The normalized spacial score (nSPS) is 14.7. The van der Waals surface area contributed by atoms with Crippen molar-refractivity contribution in [2.45, 2.75) is 39.2 Å². The van der Waals surface area contributed by atoms with Crippen LogP contribution in [0.1, 0.15) is 39.2 Å². The first-order chi connectivity index (χ1) is 9.29. The predicted molar refractivity (Wildman–Crippen MR) is 81.1 cm³/mol. The fourth-order valence-corrected chi connectivity index (χ4v) is 2.06. The molecule has 112 valence electrons. The van der Waals surface area contributed by atoms with Gasteiger partial charge in [0.05, 0.1) is 0 Å². The molecule has 20 heavy (non-hydrogen) atoms. The summed E-state index contributed by atoms with van der Waals surface area (Å²) in [7, 11) is 0. The number of carbonyl (C=O) groups is 1. The summed E-state index contributed by atoms with van der Waals surface area (Å²) in [6.45, 7) is 6.58. The van der Waals surface area contributed by atoms with Gasteiger partial charge in [0.1, 0.15) is 5.54 Å². The van der Waals surface area contributed by atoms with Crippen molar-refractivity contribution in [3.05, 3.63) is 35.9 Å². The van der Waals surface area contributed by atoms with Gasteiger partial charge in [-0.1, -0.05) is 44.2 Å². The van der Waals surface area contributed by atoms with E-state index in [2.05, 4.69) is 19.2 Å². The van der Waals surface area contributed by atoms with Gasteiger partial charge in [-0.05, 0) is 30.7 Å². The summed E-state index contributed by atoms with van der Waals surface area (Å²) < 4.78 is 0. The Kier molecular flexibility index (Phi) is 5.72. The van der Waals surface area contributed by atoms with E-state index >= 15 is 0 Å². The highest BCUT2D eigenvalue weighted by Crippen LogP contribution is 2.22. The fourth-order valence-electron chi connectivity index (χ4n) is 2.06. The van der Waals surface area contributed by atoms with Crippen molar-refractivity contribution in [3.63, 3.8) is 0 Å². The van der Waals surface area contributed by atoms with Crippen molar-refractivity contribution in [1.29, 1.82) is 0 Å². The van der Waals surface area contributed by atoms with E-state index in [1.807, 2.05) is 30.3 Å². The highest BCUT2D eigenvalue weighted by atomic mass is 16.2. The number of aliphatic hydroxyl groups excluding tert-OH is 1. The van der Waals surface area contributed by atoms with Gasteiger partial charge in [-0.25, -0.2) is 0 Å². The van der Waals surface area contributed by atoms with Gasteiger partial charge in [-0.2, -0.15) is 0 Å². The third-order valence-corrected chi connectivity index (χ3v) is 3.58. The average Bonchev–Trinajstić information content (AvgIpc) is 2.43. The van der Waals surface area contributed by atoms with Crippen LogP contribution in [0.15, 0.2) is 30.3 Å². The summed E-state index contributed by atoms with van der Waals surface area (Å²) in [5, 5.41) is 11.8. The van der Waals surface area contributed by atoms with Crippen molar-refractivity contribution in [1.82, 2.24) is 5.32 Å². The molecule has 0 aromatic heterocycles. The van der Waals surface area contributed by atoms with Gasteiger partial charge in [0.25, 0.3) is 0 Å². The van der Waals surface area contributed by atoms with Crippen molar-refractivity contribution < 1.29 is 9.90 Å². The molecule has 0 aliphatic carbocycles. The summed E-state index contributed by atoms with van der Waals surface area (Å²) in [5.74, 6) is -0.180. The molecule has 0 saturated carbocycles. The molecular formula is C16H26N2O2. The first-order valence-electron chi connectivity index (χ1n) is 7.03. The molecule has 0 heterocycles. The van der Waals surface area contributed by atoms with E-state index in [9.17, 15) is 4.79 Å². The maximum absolute atomic E-state index is 12.3. The molecular weight excluding hydrogens is 252 g/mol. The molecule has 1 rings (SSSR count). The fraction of sp³-hybridized carbons (Fsp3) is 0.562.